The second-order valence-corrected chi connectivity index (χ2v) is 5.78. The summed E-state index contributed by atoms with van der Waals surface area (Å²) >= 11 is 0. The Labute approximate surface area is 145 Å². The molecule has 0 aliphatic rings. The van der Waals surface area contributed by atoms with Gasteiger partial charge >= 0.3 is 6.09 Å². The number of aryl methyl sites for hydroxylation is 3. The van der Waals surface area contributed by atoms with Crippen LogP contribution < -0.4 is 10.1 Å². The molecular weight excluding hydrogens is 328 g/mol. The summed E-state index contributed by atoms with van der Waals surface area (Å²) in [5.74, 6) is 0.144. The molecule has 25 heavy (non-hydrogen) atoms. The standard InChI is InChI=1S/C19H21F2NO3/c1-11-6-5-7-16(22-19(23)24-4)15(11)10-25-17-9-13(3)12(2)8-14(17)18(20)21/h5-9,18H,10H2,1-4H3,(H,22,23). The minimum atomic E-state index is -2.63. The van der Waals surface area contributed by atoms with Crippen LogP contribution >= 0.6 is 0 Å². The molecule has 4 nitrogen and oxygen atoms in total. The highest BCUT2D eigenvalue weighted by Gasteiger charge is 2.17. The van der Waals surface area contributed by atoms with Crippen LogP contribution in [-0.4, -0.2) is 13.2 Å². The van der Waals surface area contributed by atoms with E-state index in [2.05, 4.69) is 10.1 Å². The van der Waals surface area contributed by atoms with Gasteiger partial charge in [0.2, 0.25) is 0 Å². The van der Waals surface area contributed by atoms with Gasteiger partial charge in [0.1, 0.15) is 12.4 Å². The molecule has 0 saturated carbocycles. The van der Waals surface area contributed by atoms with Crippen molar-refractivity contribution < 1.29 is 23.0 Å². The minimum Gasteiger partial charge on any atom is -0.488 e. The van der Waals surface area contributed by atoms with Gasteiger partial charge < -0.3 is 9.47 Å². The fourth-order valence-corrected chi connectivity index (χ4v) is 2.43. The van der Waals surface area contributed by atoms with Gasteiger partial charge in [0, 0.05) is 5.56 Å². The molecule has 1 amide bonds. The first-order chi connectivity index (χ1) is 11.8. The summed E-state index contributed by atoms with van der Waals surface area (Å²) in [6.07, 6.45) is -3.23. The number of nitrogens with one attached hydrogen (secondary N) is 1. The van der Waals surface area contributed by atoms with Gasteiger partial charge in [-0.15, -0.1) is 0 Å². The van der Waals surface area contributed by atoms with Crippen molar-refractivity contribution in [2.45, 2.75) is 33.8 Å². The minimum absolute atomic E-state index is 0.0498. The summed E-state index contributed by atoms with van der Waals surface area (Å²) in [5.41, 5.74) is 3.61. The van der Waals surface area contributed by atoms with Gasteiger partial charge in [-0.3, -0.25) is 5.32 Å². The molecule has 1 N–H and O–H groups in total. The summed E-state index contributed by atoms with van der Waals surface area (Å²) < 4.78 is 36.9. The van der Waals surface area contributed by atoms with Crippen molar-refractivity contribution in [3.63, 3.8) is 0 Å². The highest BCUT2D eigenvalue weighted by molar-refractivity contribution is 5.85. The third-order valence-corrected chi connectivity index (χ3v) is 4.07. The predicted molar refractivity (Wildman–Crippen MR) is 92.4 cm³/mol. The Morgan fingerprint density at radius 2 is 1.80 bits per heavy atom. The zero-order valence-corrected chi connectivity index (χ0v) is 14.7. The molecule has 2 aromatic carbocycles. The van der Waals surface area contributed by atoms with Crippen LogP contribution in [0.15, 0.2) is 30.3 Å². The van der Waals surface area contributed by atoms with E-state index in [-0.39, 0.29) is 17.9 Å². The van der Waals surface area contributed by atoms with Crippen LogP contribution in [0.1, 0.15) is 34.2 Å². The Morgan fingerprint density at radius 3 is 2.44 bits per heavy atom. The first-order valence-corrected chi connectivity index (χ1v) is 7.79. The van der Waals surface area contributed by atoms with E-state index in [4.69, 9.17) is 4.74 Å². The SMILES string of the molecule is COC(=O)Nc1cccc(C)c1COc1cc(C)c(C)cc1C(F)F. The van der Waals surface area contributed by atoms with Crippen LogP contribution in [0.3, 0.4) is 0 Å². The normalized spacial score (nSPS) is 10.7. The van der Waals surface area contributed by atoms with Gasteiger partial charge in [0.15, 0.2) is 0 Å². The predicted octanol–water partition coefficient (Wildman–Crippen LogP) is 5.31. The number of carbonyl (C=O) groups is 1. The van der Waals surface area contributed by atoms with Crippen LogP contribution in [-0.2, 0) is 11.3 Å². The average Bonchev–Trinajstić information content (AvgIpc) is 2.56. The van der Waals surface area contributed by atoms with Gasteiger partial charge in [-0.2, -0.15) is 0 Å². The Kier molecular flexibility index (Phi) is 5.96. The van der Waals surface area contributed by atoms with Crippen molar-refractivity contribution in [2.24, 2.45) is 0 Å². The van der Waals surface area contributed by atoms with Gasteiger partial charge in [-0.05, 0) is 55.7 Å². The molecule has 0 radical (unpaired) electrons. The third-order valence-electron chi connectivity index (χ3n) is 4.07. The van der Waals surface area contributed by atoms with E-state index in [0.717, 1.165) is 16.7 Å². The third kappa shape index (κ3) is 4.47. The summed E-state index contributed by atoms with van der Waals surface area (Å²) in [7, 11) is 1.27. The van der Waals surface area contributed by atoms with Gasteiger partial charge in [-0.25, -0.2) is 13.6 Å². The van der Waals surface area contributed by atoms with E-state index in [9.17, 15) is 13.6 Å². The average molecular weight is 349 g/mol. The first kappa shape index (κ1) is 18.7. The fraction of sp³-hybridized carbons (Fsp3) is 0.316. The number of halogens is 2. The molecule has 0 saturated heterocycles. The number of methoxy groups -OCH3 is 1. The van der Waals surface area contributed by atoms with E-state index in [1.165, 1.54) is 13.2 Å². The largest absolute Gasteiger partial charge is 0.488 e. The molecule has 0 aliphatic carbocycles. The monoisotopic (exact) mass is 349 g/mol. The lowest BCUT2D eigenvalue weighted by Gasteiger charge is -2.17. The number of hydrogen-bond acceptors (Lipinski definition) is 3. The lowest BCUT2D eigenvalue weighted by Crippen LogP contribution is -2.14. The number of rotatable bonds is 5. The lowest BCUT2D eigenvalue weighted by molar-refractivity contribution is 0.144. The van der Waals surface area contributed by atoms with Crippen molar-refractivity contribution in [2.75, 3.05) is 12.4 Å². The zero-order chi connectivity index (χ0) is 18.6. The summed E-state index contributed by atoms with van der Waals surface area (Å²) in [6, 6.07) is 8.40. The van der Waals surface area contributed by atoms with Gasteiger partial charge in [-0.1, -0.05) is 12.1 Å². The molecule has 0 spiro atoms. The fourth-order valence-electron chi connectivity index (χ4n) is 2.43. The maximum absolute atomic E-state index is 13.3. The molecule has 2 rings (SSSR count). The van der Waals surface area contributed by atoms with Crippen molar-refractivity contribution in [3.8, 4) is 5.75 Å². The molecule has 0 fully saturated rings. The second kappa shape index (κ2) is 7.96. The molecule has 0 aromatic heterocycles. The molecule has 0 heterocycles. The zero-order valence-electron chi connectivity index (χ0n) is 14.7. The van der Waals surface area contributed by atoms with Crippen LogP contribution in [0.25, 0.3) is 0 Å². The number of hydrogen-bond donors (Lipinski definition) is 1. The van der Waals surface area contributed by atoms with Crippen LogP contribution in [0, 0.1) is 20.8 Å². The number of anilines is 1. The number of benzene rings is 2. The molecule has 2 aromatic rings. The van der Waals surface area contributed by atoms with Gasteiger partial charge in [0.25, 0.3) is 6.43 Å². The molecule has 0 bridgehead atoms. The Hall–Kier alpha value is -2.63. The van der Waals surface area contributed by atoms with Crippen LogP contribution in [0.5, 0.6) is 5.75 Å². The first-order valence-electron chi connectivity index (χ1n) is 7.79. The Morgan fingerprint density at radius 1 is 1.12 bits per heavy atom. The number of ether oxygens (including phenoxy) is 2. The number of carbonyl (C=O) groups excluding carboxylic acids is 1. The van der Waals surface area contributed by atoms with Crippen molar-refractivity contribution >= 4 is 11.8 Å². The quantitative estimate of drug-likeness (QED) is 0.796. The van der Waals surface area contributed by atoms with Crippen molar-refractivity contribution in [3.05, 3.63) is 58.1 Å². The van der Waals surface area contributed by atoms with Gasteiger partial charge in [0.05, 0.1) is 18.4 Å². The molecule has 0 aliphatic heterocycles. The Bertz CT molecular complexity index is 776. The van der Waals surface area contributed by atoms with Crippen LogP contribution in [0.2, 0.25) is 0 Å². The topological polar surface area (TPSA) is 47.6 Å². The maximum Gasteiger partial charge on any atom is 0.411 e. The highest BCUT2D eigenvalue weighted by atomic mass is 19.3. The van der Waals surface area contributed by atoms with E-state index < -0.39 is 12.5 Å². The summed E-state index contributed by atoms with van der Waals surface area (Å²) in [4.78, 5) is 11.5. The summed E-state index contributed by atoms with van der Waals surface area (Å²) in [5, 5.41) is 2.61. The van der Waals surface area contributed by atoms with E-state index in [1.807, 2.05) is 19.9 Å². The second-order valence-electron chi connectivity index (χ2n) is 5.78. The molecule has 0 atom stereocenters. The molecular formula is C19H21F2NO3. The van der Waals surface area contributed by atoms with E-state index in [0.29, 0.717) is 11.3 Å². The van der Waals surface area contributed by atoms with Crippen molar-refractivity contribution in [1.29, 1.82) is 0 Å². The smallest absolute Gasteiger partial charge is 0.411 e. The van der Waals surface area contributed by atoms with Crippen LogP contribution in [0.4, 0.5) is 19.3 Å². The number of alkyl halides is 2. The number of amides is 1. The molecule has 134 valence electrons. The van der Waals surface area contributed by atoms with Crippen molar-refractivity contribution in [1.82, 2.24) is 0 Å². The lowest BCUT2D eigenvalue weighted by atomic mass is 10.0. The molecule has 6 heteroatoms. The highest BCUT2D eigenvalue weighted by Crippen LogP contribution is 2.33. The van der Waals surface area contributed by atoms with E-state index in [1.54, 1.807) is 25.1 Å². The summed E-state index contributed by atoms with van der Waals surface area (Å²) in [6.45, 7) is 5.53. The molecule has 0 unspecified atom stereocenters. The Balaban J connectivity index is 2.30. The maximum atomic E-state index is 13.3. The van der Waals surface area contributed by atoms with E-state index >= 15 is 0 Å².